The molecule has 0 spiro atoms. The molecule has 0 fully saturated rings. The Labute approximate surface area is 114 Å². The predicted octanol–water partition coefficient (Wildman–Crippen LogP) is 3.85. The van der Waals surface area contributed by atoms with Crippen molar-refractivity contribution >= 4 is 23.0 Å². The van der Waals surface area contributed by atoms with Crippen molar-refractivity contribution in [1.29, 1.82) is 0 Å². The monoisotopic (exact) mass is 440 g/mol. The molecule has 0 unspecified atom stereocenters. The molecule has 0 aliphatic heterocycles. The third kappa shape index (κ3) is 2.54. The Hall–Kier alpha value is -0.0918. The molecule has 0 aliphatic rings. The van der Waals surface area contributed by atoms with Gasteiger partial charge in [0.25, 0.3) is 0 Å². The van der Waals surface area contributed by atoms with Gasteiger partial charge in [0.2, 0.25) is 0 Å². The van der Waals surface area contributed by atoms with Crippen molar-refractivity contribution < 1.29 is 57.1 Å². The molecule has 0 saturated heterocycles. The topological polar surface area (TPSA) is 0 Å². The van der Waals surface area contributed by atoms with Gasteiger partial charge in [-0.3, -0.25) is 0 Å². The summed E-state index contributed by atoms with van der Waals surface area (Å²) < 4.78 is 152. The summed E-state index contributed by atoms with van der Waals surface area (Å²) in [6, 6.07) is 0. The first-order valence-electron chi connectivity index (χ1n) is 3.93. The molecule has 20 heavy (non-hydrogen) atoms. The molecular weight excluding hydrogens is 441 g/mol. The summed E-state index contributed by atoms with van der Waals surface area (Å²) in [6.07, 6.45) is -7.36. The van der Waals surface area contributed by atoms with Gasteiger partial charge in [0.05, 0.1) is 0 Å². The van der Waals surface area contributed by atoms with Crippen molar-refractivity contribution in [2.24, 2.45) is 0 Å². The molecule has 0 saturated carbocycles. The fourth-order valence-corrected chi connectivity index (χ4v) is 1.16. The van der Waals surface area contributed by atoms with E-state index in [1.54, 1.807) is 0 Å². The molecule has 0 bridgehead atoms. The third-order valence-corrected chi connectivity index (χ3v) is 2.72. The molecule has 0 rings (SSSR count). The average molecular weight is 441 g/mol. The van der Waals surface area contributed by atoms with Crippen LogP contribution in [-0.2, 0) is 0 Å². The van der Waals surface area contributed by atoms with Crippen LogP contribution in [0.1, 0.15) is 0 Å². The van der Waals surface area contributed by atoms with E-state index in [1.165, 1.54) is 0 Å². The zero-order valence-corrected chi connectivity index (χ0v) is 10.9. The summed E-state index contributed by atoms with van der Waals surface area (Å²) in [5.74, 6) is -30.2. The predicted molar refractivity (Wildman–Crippen MR) is 36.5 cm³/mol. The third-order valence-electron chi connectivity index (χ3n) is 1.92. The van der Waals surface area contributed by atoms with Gasteiger partial charge in [-0.1, -0.05) is 0 Å². The van der Waals surface area contributed by atoms with E-state index in [4.69, 9.17) is 0 Å². The Kier molecular flexibility index (Phi) is 4.68. The van der Waals surface area contributed by atoms with Gasteiger partial charge in [0.15, 0.2) is 0 Å². The molecular formula is C6F13Sb. The number of halogens is 13. The zero-order chi connectivity index (χ0) is 17.0. The van der Waals surface area contributed by atoms with Gasteiger partial charge >= 0.3 is 114 Å². The Morgan fingerprint density at radius 1 is 0.400 bits per heavy atom. The number of alkyl halides is 13. The molecule has 0 nitrogen and oxygen atoms in total. The first-order chi connectivity index (χ1) is 8.25. The van der Waals surface area contributed by atoms with Crippen molar-refractivity contribution in [2.45, 2.75) is 33.7 Å². The molecule has 0 aromatic rings. The first kappa shape index (κ1) is 19.9. The summed E-state index contributed by atoms with van der Waals surface area (Å²) in [5.41, 5.74) is 0. The Balaban J connectivity index is 6.08. The van der Waals surface area contributed by atoms with Crippen LogP contribution in [0.15, 0.2) is 0 Å². The second-order valence-electron chi connectivity index (χ2n) is 3.34. The SMILES string of the molecule is FC(F)(F)C(F)(F)C(F)(F)C(F)(F)C(F)(F)[C](F)(F)[Sb]. The van der Waals surface area contributed by atoms with Gasteiger partial charge in [-0.15, -0.1) is 0 Å². The number of hydrogen-bond donors (Lipinski definition) is 0. The minimum absolute atomic E-state index is 1.46. The second-order valence-corrected chi connectivity index (χ2v) is 4.94. The van der Waals surface area contributed by atoms with Crippen LogP contribution in [0.4, 0.5) is 57.1 Å². The van der Waals surface area contributed by atoms with Crippen LogP contribution in [0.3, 0.4) is 0 Å². The standard InChI is InChI=1S/C6F13.Sb/c7-1(8)2(9,10)3(11,12)4(13,14)5(15,16)6(17,18)19;. The van der Waals surface area contributed by atoms with E-state index >= 15 is 0 Å². The van der Waals surface area contributed by atoms with Crippen LogP contribution in [0, 0.1) is 0 Å². The molecule has 2 radical (unpaired) electrons. The summed E-state index contributed by atoms with van der Waals surface area (Å²) in [5, 5.41) is 0. The van der Waals surface area contributed by atoms with Gasteiger partial charge < -0.3 is 0 Å². The molecule has 0 heterocycles. The molecule has 120 valence electrons. The van der Waals surface area contributed by atoms with E-state index < -0.39 is 56.8 Å². The van der Waals surface area contributed by atoms with Gasteiger partial charge in [0.1, 0.15) is 0 Å². The van der Waals surface area contributed by atoms with Crippen LogP contribution in [0.25, 0.3) is 0 Å². The summed E-state index contributed by atoms with van der Waals surface area (Å²) in [4.78, 5) is 0. The van der Waals surface area contributed by atoms with E-state index in [9.17, 15) is 57.1 Å². The van der Waals surface area contributed by atoms with E-state index in [1.807, 2.05) is 0 Å². The van der Waals surface area contributed by atoms with Gasteiger partial charge in [-0.2, -0.15) is 0 Å². The first-order valence-corrected chi connectivity index (χ1v) is 5.21. The number of rotatable bonds is 4. The van der Waals surface area contributed by atoms with Crippen LogP contribution < -0.4 is 0 Å². The Bertz CT molecular complexity index is 324. The van der Waals surface area contributed by atoms with Crippen LogP contribution in [-0.4, -0.2) is 56.8 Å². The average Bonchev–Trinajstić information content (AvgIpc) is 2.12. The maximum atomic E-state index is 12.5. The normalized spacial score (nSPS) is 16.5. The summed E-state index contributed by atoms with van der Waals surface area (Å²) in [6.45, 7) is 0. The Morgan fingerprint density at radius 2 is 0.650 bits per heavy atom. The van der Waals surface area contributed by atoms with E-state index in [-0.39, 0.29) is 0 Å². The van der Waals surface area contributed by atoms with Crippen molar-refractivity contribution in [3.63, 3.8) is 0 Å². The molecule has 0 atom stereocenters. The fourth-order valence-electron chi connectivity index (χ4n) is 0.761. The molecule has 0 aromatic heterocycles. The summed E-state index contributed by atoms with van der Waals surface area (Å²) >= 11 is -1.46. The maximum absolute atomic E-state index is 12.5. The van der Waals surface area contributed by atoms with Gasteiger partial charge in [-0.05, 0) is 0 Å². The number of hydrogen-bond acceptors (Lipinski definition) is 0. The minimum atomic E-state index is -7.80. The van der Waals surface area contributed by atoms with E-state index in [0.717, 1.165) is 0 Å². The molecule has 0 aliphatic carbocycles. The van der Waals surface area contributed by atoms with Crippen LogP contribution in [0.5, 0.6) is 0 Å². The molecule has 0 amide bonds. The van der Waals surface area contributed by atoms with E-state index in [2.05, 4.69) is 0 Å². The van der Waals surface area contributed by atoms with Gasteiger partial charge in [0, 0.05) is 0 Å². The molecule has 0 N–H and O–H groups in total. The molecule has 14 heteroatoms. The van der Waals surface area contributed by atoms with Crippen LogP contribution in [0.2, 0.25) is 0 Å². The quantitative estimate of drug-likeness (QED) is 0.460. The summed E-state index contributed by atoms with van der Waals surface area (Å²) in [7, 11) is 0. The second kappa shape index (κ2) is 4.70. The van der Waals surface area contributed by atoms with Crippen molar-refractivity contribution in [3.8, 4) is 0 Å². The van der Waals surface area contributed by atoms with Crippen molar-refractivity contribution in [3.05, 3.63) is 0 Å². The zero-order valence-electron chi connectivity index (χ0n) is 8.36. The van der Waals surface area contributed by atoms with Gasteiger partial charge in [-0.25, -0.2) is 0 Å². The van der Waals surface area contributed by atoms with Crippen LogP contribution >= 0.6 is 0 Å². The molecule has 0 aromatic carbocycles. The Morgan fingerprint density at radius 3 is 0.850 bits per heavy atom. The van der Waals surface area contributed by atoms with E-state index in [0.29, 0.717) is 0 Å². The fraction of sp³-hybridized carbons (Fsp3) is 1.00. The van der Waals surface area contributed by atoms with Crippen molar-refractivity contribution in [2.75, 3.05) is 0 Å². The van der Waals surface area contributed by atoms with Crippen molar-refractivity contribution in [1.82, 2.24) is 0 Å².